The smallest absolute Gasteiger partial charge is 0.164 e. The third-order valence-electron chi connectivity index (χ3n) is 11.0. The van der Waals surface area contributed by atoms with Crippen LogP contribution in [0, 0.1) is 0 Å². The molecule has 266 valence electrons. The molecule has 6 nitrogen and oxygen atoms in total. The van der Waals surface area contributed by atoms with Crippen LogP contribution in [0.3, 0.4) is 0 Å². The third kappa shape index (κ3) is 4.94. The van der Waals surface area contributed by atoms with Gasteiger partial charge in [-0.3, -0.25) is 0 Å². The van der Waals surface area contributed by atoms with Crippen LogP contribution in [0.4, 0.5) is 0 Å². The number of hydrogen-bond acceptors (Lipinski definition) is 6. The van der Waals surface area contributed by atoms with Crippen molar-refractivity contribution in [2.45, 2.75) is 0 Å². The number of nitrogens with zero attached hydrogens (tertiary/aromatic N) is 3. The Morgan fingerprint density at radius 3 is 1.39 bits per heavy atom. The highest BCUT2D eigenvalue weighted by Crippen LogP contribution is 2.47. The van der Waals surface area contributed by atoms with Crippen molar-refractivity contribution >= 4 is 65.8 Å². The zero-order valence-corrected chi connectivity index (χ0v) is 30.3. The number of fused-ring (bicyclic) bond motifs is 9. The van der Waals surface area contributed by atoms with E-state index in [1.807, 2.05) is 109 Å². The van der Waals surface area contributed by atoms with Crippen LogP contribution in [0.1, 0.15) is 0 Å². The first-order valence-electron chi connectivity index (χ1n) is 18.9. The van der Waals surface area contributed by atoms with Gasteiger partial charge in [0, 0.05) is 54.6 Å². The Balaban J connectivity index is 1.05. The zero-order chi connectivity index (χ0) is 37.5. The number of para-hydroxylation sites is 2. The lowest BCUT2D eigenvalue weighted by atomic mass is 9.91. The molecule has 0 spiro atoms. The Labute approximate surface area is 325 Å². The monoisotopic (exact) mass is 731 g/mol. The molecule has 0 saturated heterocycles. The minimum atomic E-state index is 0.574. The highest BCUT2D eigenvalue weighted by Gasteiger charge is 2.23. The van der Waals surface area contributed by atoms with Crippen molar-refractivity contribution < 1.29 is 13.3 Å². The van der Waals surface area contributed by atoms with E-state index >= 15 is 0 Å². The minimum absolute atomic E-state index is 0.574. The summed E-state index contributed by atoms with van der Waals surface area (Å²) in [7, 11) is 0. The Morgan fingerprint density at radius 1 is 0.281 bits per heavy atom. The van der Waals surface area contributed by atoms with Gasteiger partial charge in [0.05, 0.1) is 0 Å². The predicted octanol–water partition coefficient (Wildman–Crippen LogP) is 13.9. The van der Waals surface area contributed by atoms with Crippen LogP contribution < -0.4 is 0 Å². The molecule has 0 aliphatic carbocycles. The van der Waals surface area contributed by atoms with Gasteiger partial charge in [0.25, 0.3) is 0 Å². The van der Waals surface area contributed by atoms with Crippen molar-refractivity contribution in [3.8, 4) is 56.4 Å². The summed E-state index contributed by atoms with van der Waals surface area (Å²) in [5, 5.41) is 6.31. The maximum absolute atomic E-state index is 6.81. The van der Waals surface area contributed by atoms with E-state index in [1.165, 1.54) is 0 Å². The van der Waals surface area contributed by atoms with Crippen molar-refractivity contribution in [3.05, 3.63) is 176 Å². The number of benzene rings is 8. The van der Waals surface area contributed by atoms with E-state index in [9.17, 15) is 0 Å². The van der Waals surface area contributed by atoms with Crippen LogP contribution in [-0.4, -0.2) is 15.0 Å². The molecule has 0 aliphatic rings. The molecule has 8 aromatic carbocycles. The molecule has 6 heteroatoms. The summed E-state index contributed by atoms with van der Waals surface area (Å²) in [6.07, 6.45) is 0. The summed E-state index contributed by atoms with van der Waals surface area (Å²) in [6.45, 7) is 0. The topological polar surface area (TPSA) is 78.1 Å². The standard InChI is InChI=1S/C51H29N3O3/c1-3-13-30(14-4-1)49-52-50(31-15-5-2-6-16-31)54-51(53-49)32-25-26-39-44(29-32)56-43-24-12-20-34(46(39)43)36-28-27-35(47-38-18-8-10-22-41(38)57-48(36)47)33-19-11-23-42-45(33)37-17-7-9-21-40(37)55-42/h1-29H. The zero-order valence-electron chi connectivity index (χ0n) is 30.3. The minimum Gasteiger partial charge on any atom is -0.456 e. The molecular formula is C51H29N3O3. The summed E-state index contributed by atoms with van der Waals surface area (Å²) >= 11 is 0. The SMILES string of the molecule is c1ccc(-c2nc(-c3ccccc3)nc(-c3ccc4c(c3)oc3cccc(-c5ccc(-c6cccc7oc8ccccc8c67)c6c5oc5ccccc56)c34)n2)cc1. The quantitative estimate of drug-likeness (QED) is 0.175. The average molecular weight is 732 g/mol. The first-order valence-corrected chi connectivity index (χ1v) is 18.9. The number of rotatable bonds is 5. The molecule has 4 heterocycles. The second-order valence-corrected chi connectivity index (χ2v) is 14.3. The molecule has 0 unspecified atom stereocenters. The van der Waals surface area contributed by atoms with Crippen molar-refractivity contribution in [1.29, 1.82) is 0 Å². The van der Waals surface area contributed by atoms with Gasteiger partial charge >= 0.3 is 0 Å². The first-order chi connectivity index (χ1) is 28.2. The summed E-state index contributed by atoms with van der Waals surface area (Å²) in [5.41, 5.74) is 11.8. The molecule has 0 aliphatic heterocycles. The van der Waals surface area contributed by atoms with E-state index in [0.717, 1.165) is 105 Å². The molecule has 0 radical (unpaired) electrons. The Bertz CT molecular complexity index is 3470. The highest BCUT2D eigenvalue weighted by atomic mass is 16.3. The van der Waals surface area contributed by atoms with E-state index < -0.39 is 0 Å². The molecule has 0 fully saturated rings. The Morgan fingerprint density at radius 2 is 0.737 bits per heavy atom. The van der Waals surface area contributed by atoms with Crippen LogP contribution >= 0.6 is 0 Å². The van der Waals surface area contributed by atoms with Crippen LogP contribution in [-0.2, 0) is 0 Å². The second-order valence-electron chi connectivity index (χ2n) is 14.3. The largest absolute Gasteiger partial charge is 0.456 e. The molecular weight excluding hydrogens is 703 g/mol. The number of furan rings is 3. The number of hydrogen-bond donors (Lipinski definition) is 0. The lowest BCUT2D eigenvalue weighted by molar-refractivity contribution is 0.668. The Hall–Kier alpha value is -7.83. The summed E-state index contributed by atoms with van der Waals surface area (Å²) in [6, 6.07) is 59.7. The van der Waals surface area contributed by atoms with Gasteiger partial charge in [0.2, 0.25) is 0 Å². The van der Waals surface area contributed by atoms with E-state index in [1.54, 1.807) is 0 Å². The number of aromatic nitrogens is 3. The molecule has 57 heavy (non-hydrogen) atoms. The van der Waals surface area contributed by atoms with E-state index in [4.69, 9.17) is 28.2 Å². The van der Waals surface area contributed by atoms with Crippen molar-refractivity contribution in [3.63, 3.8) is 0 Å². The maximum Gasteiger partial charge on any atom is 0.164 e. The molecule has 0 bridgehead atoms. The fourth-order valence-corrected chi connectivity index (χ4v) is 8.39. The molecule has 0 saturated carbocycles. The van der Waals surface area contributed by atoms with E-state index in [2.05, 4.69) is 66.7 Å². The summed E-state index contributed by atoms with van der Waals surface area (Å²) < 4.78 is 19.8. The Kier molecular flexibility index (Phi) is 6.83. The van der Waals surface area contributed by atoms with Crippen LogP contribution in [0.2, 0.25) is 0 Å². The molecule has 0 atom stereocenters. The summed E-state index contributed by atoms with van der Waals surface area (Å²) in [4.78, 5) is 14.8. The molecule has 12 rings (SSSR count). The van der Waals surface area contributed by atoms with Gasteiger partial charge in [-0.1, -0.05) is 133 Å². The maximum atomic E-state index is 6.81. The van der Waals surface area contributed by atoms with Gasteiger partial charge in [0.15, 0.2) is 17.5 Å². The van der Waals surface area contributed by atoms with Crippen LogP contribution in [0.5, 0.6) is 0 Å². The van der Waals surface area contributed by atoms with Gasteiger partial charge in [-0.25, -0.2) is 15.0 Å². The van der Waals surface area contributed by atoms with Gasteiger partial charge in [0.1, 0.15) is 33.5 Å². The predicted molar refractivity (Wildman–Crippen MR) is 229 cm³/mol. The normalized spacial score (nSPS) is 11.9. The van der Waals surface area contributed by atoms with Gasteiger partial charge < -0.3 is 13.3 Å². The second kappa shape index (κ2) is 12.3. The lowest BCUT2D eigenvalue weighted by Crippen LogP contribution is -2.00. The van der Waals surface area contributed by atoms with Gasteiger partial charge in [-0.2, -0.15) is 0 Å². The average Bonchev–Trinajstić information content (AvgIpc) is 3.98. The van der Waals surface area contributed by atoms with Gasteiger partial charge in [-0.05, 0) is 59.2 Å². The van der Waals surface area contributed by atoms with Crippen molar-refractivity contribution in [2.75, 3.05) is 0 Å². The summed E-state index contributed by atoms with van der Waals surface area (Å²) in [5.74, 6) is 1.80. The molecule has 0 amide bonds. The fraction of sp³-hybridized carbons (Fsp3) is 0. The van der Waals surface area contributed by atoms with Crippen molar-refractivity contribution in [1.82, 2.24) is 15.0 Å². The third-order valence-corrected chi connectivity index (χ3v) is 11.0. The fourth-order valence-electron chi connectivity index (χ4n) is 8.39. The van der Waals surface area contributed by atoms with Crippen LogP contribution in [0.15, 0.2) is 189 Å². The molecule has 4 aromatic heterocycles. The van der Waals surface area contributed by atoms with Crippen molar-refractivity contribution in [2.24, 2.45) is 0 Å². The van der Waals surface area contributed by atoms with Gasteiger partial charge in [-0.15, -0.1) is 0 Å². The van der Waals surface area contributed by atoms with Crippen LogP contribution in [0.25, 0.3) is 122 Å². The first kappa shape index (κ1) is 31.5. The molecule has 0 N–H and O–H groups in total. The lowest BCUT2D eigenvalue weighted by Gasteiger charge is -2.10. The van der Waals surface area contributed by atoms with E-state index in [0.29, 0.717) is 17.5 Å². The highest BCUT2D eigenvalue weighted by molar-refractivity contribution is 6.23. The van der Waals surface area contributed by atoms with E-state index in [-0.39, 0.29) is 0 Å². The molecule has 12 aromatic rings.